The smallest absolute Gasteiger partial charge is 0.323 e. The monoisotopic (exact) mass is 264 g/mol. The summed E-state index contributed by atoms with van der Waals surface area (Å²) in [6, 6.07) is 2.08. The third kappa shape index (κ3) is 3.35. The SMILES string of the molecule is O=[N+]([O-])c1cc([N+](=O)O)ccc1OS(=O)(=O)[O-]. The molecule has 0 aliphatic rings. The fourth-order valence-corrected chi connectivity index (χ4v) is 1.31. The van der Waals surface area contributed by atoms with Gasteiger partial charge >= 0.3 is 11.4 Å². The first-order valence-corrected chi connectivity index (χ1v) is 5.14. The molecular weight excluding hydrogens is 260 g/mol. The molecular formula is C6H4N2O8S. The minimum atomic E-state index is -5.17. The van der Waals surface area contributed by atoms with Crippen molar-refractivity contribution in [2.45, 2.75) is 0 Å². The lowest BCUT2D eigenvalue weighted by molar-refractivity contribution is -0.729. The van der Waals surface area contributed by atoms with Gasteiger partial charge in [0.05, 0.1) is 9.83 Å². The van der Waals surface area contributed by atoms with Crippen LogP contribution in [0.3, 0.4) is 0 Å². The fraction of sp³-hybridized carbons (Fsp3) is 0. The van der Waals surface area contributed by atoms with Crippen molar-refractivity contribution in [2.24, 2.45) is 0 Å². The van der Waals surface area contributed by atoms with Crippen molar-refractivity contribution >= 4 is 21.8 Å². The maximum Gasteiger partial charge on any atom is 0.323 e. The van der Waals surface area contributed by atoms with E-state index in [1.54, 1.807) is 0 Å². The molecule has 0 spiro atoms. The van der Waals surface area contributed by atoms with E-state index in [1.165, 1.54) is 0 Å². The summed E-state index contributed by atoms with van der Waals surface area (Å²) in [5.41, 5.74) is -1.47. The maximum atomic E-state index is 10.5. The van der Waals surface area contributed by atoms with Crippen molar-refractivity contribution in [1.29, 1.82) is 0 Å². The highest BCUT2D eigenvalue weighted by Gasteiger charge is 2.24. The standard InChI is InChI=1S/C6H4N2O8S/c9-7(10)4-1-2-6(16-17(13,14)15)5(3-4)8(11)12/h1-3H,(H-,9,10,13,14,15). The molecule has 0 aliphatic heterocycles. The van der Waals surface area contributed by atoms with E-state index in [0.717, 1.165) is 6.07 Å². The van der Waals surface area contributed by atoms with Crippen LogP contribution >= 0.6 is 0 Å². The number of nitrogens with zero attached hydrogens (tertiary/aromatic N) is 2. The minimum absolute atomic E-state index is 0.521. The summed E-state index contributed by atoms with van der Waals surface area (Å²) >= 11 is 0. The van der Waals surface area contributed by atoms with Crippen LogP contribution in [0.4, 0.5) is 11.4 Å². The highest BCUT2D eigenvalue weighted by Crippen LogP contribution is 2.31. The summed E-state index contributed by atoms with van der Waals surface area (Å²) in [6.45, 7) is 0. The van der Waals surface area contributed by atoms with Gasteiger partial charge in [0.25, 0.3) is 15.3 Å². The van der Waals surface area contributed by atoms with Gasteiger partial charge in [-0.2, -0.15) is 0 Å². The number of nitro benzene ring substituents is 1. The van der Waals surface area contributed by atoms with Gasteiger partial charge in [-0.1, -0.05) is 0 Å². The van der Waals surface area contributed by atoms with E-state index in [0.29, 0.717) is 12.1 Å². The lowest BCUT2D eigenvalue weighted by Gasteiger charge is -2.08. The number of hydrogen-bond acceptors (Lipinski definition) is 7. The van der Waals surface area contributed by atoms with Crippen LogP contribution in [0.25, 0.3) is 0 Å². The first-order chi connectivity index (χ1) is 7.70. The molecule has 0 saturated carbocycles. The summed E-state index contributed by atoms with van der Waals surface area (Å²) in [6.07, 6.45) is 0. The van der Waals surface area contributed by atoms with E-state index in [1.807, 2.05) is 0 Å². The highest BCUT2D eigenvalue weighted by atomic mass is 32.3. The van der Waals surface area contributed by atoms with Crippen LogP contribution < -0.4 is 4.18 Å². The topological polar surface area (TPSA) is 150 Å². The van der Waals surface area contributed by atoms with Gasteiger partial charge in [-0.25, -0.2) is 13.6 Å². The molecule has 0 aliphatic carbocycles. The van der Waals surface area contributed by atoms with Gasteiger partial charge in [-0.05, 0) is 6.07 Å². The lowest BCUT2D eigenvalue weighted by Crippen LogP contribution is -2.09. The summed E-state index contributed by atoms with van der Waals surface area (Å²) in [4.78, 5) is 19.2. The Morgan fingerprint density at radius 3 is 2.29 bits per heavy atom. The minimum Gasteiger partial charge on any atom is -0.716 e. The van der Waals surface area contributed by atoms with Gasteiger partial charge < -0.3 is 8.74 Å². The van der Waals surface area contributed by atoms with E-state index in [2.05, 4.69) is 4.18 Å². The van der Waals surface area contributed by atoms with E-state index in [9.17, 15) is 28.0 Å². The predicted octanol–water partition coefficient (Wildman–Crippen LogP) is 0.233. The van der Waals surface area contributed by atoms with Crippen LogP contribution in [-0.4, -0.2) is 28.0 Å². The molecule has 0 aromatic heterocycles. The molecule has 0 radical (unpaired) electrons. The lowest BCUT2D eigenvalue weighted by atomic mass is 10.2. The number of benzene rings is 1. The van der Waals surface area contributed by atoms with Crippen LogP contribution in [0.15, 0.2) is 18.2 Å². The predicted molar refractivity (Wildman–Crippen MR) is 48.5 cm³/mol. The van der Waals surface area contributed by atoms with Crippen molar-refractivity contribution in [3.05, 3.63) is 33.2 Å². The Hall–Kier alpha value is -2.27. The highest BCUT2D eigenvalue weighted by molar-refractivity contribution is 7.81. The second-order valence-electron chi connectivity index (χ2n) is 2.67. The van der Waals surface area contributed by atoms with E-state index in [-0.39, 0.29) is 0 Å². The maximum absolute atomic E-state index is 10.5. The molecule has 11 heteroatoms. The molecule has 1 aromatic carbocycles. The fourth-order valence-electron chi connectivity index (χ4n) is 0.948. The normalized spacial score (nSPS) is 10.9. The Morgan fingerprint density at radius 1 is 1.29 bits per heavy atom. The zero-order valence-corrected chi connectivity index (χ0v) is 8.66. The molecule has 1 rings (SSSR count). The second kappa shape index (κ2) is 4.31. The first-order valence-electron chi connectivity index (χ1n) is 3.80. The third-order valence-electron chi connectivity index (χ3n) is 1.55. The molecule has 0 saturated heterocycles. The summed E-state index contributed by atoms with van der Waals surface area (Å²) in [5, 5.41) is 19.0. The molecule has 92 valence electrons. The molecule has 1 aromatic rings. The van der Waals surface area contributed by atoms with E-state index < -0.39 is 37.4 Å². The van der Waals surface area contributed by atoms with Gasteiger partial charge in [0, 0.05) is 6.07 Å². The van der Waals surface area contributed by atoms with Crippen LogP contribution in [0.2, 0.25) is 0 Å². The molecule has 10 nitrogen and oxygen atoms in total. The van der Waals surface area contributed by atoms with Gasteiger partial charge in [-0.15, -0.1) is 0 Å². The zero-order chi connectivity index (χ0) is 13.2. The molecule has 0 heterocycles. The van der Waals surface area contributed by atoms with E-state index in [4.69, 9.17) is 5.21 Å². The molecule has 0 bridgehead atoms. The quantitative estimate of drug-likeness (QED) is 0.351. The van der Waals surface area contributed by atoms with Crippen molar-refractivity contribution in [3.63, 3.8) is 0 Å². The van der Waals surface area contributed by atoms with Gasteiger partial charge in [0.1, 0.15) is 6.07 Å². The summed E-state index contributed by atoms with van der Waals surface area (Å²) in [5.74, 6) is -0.851. The van der Waals surface area contributed by atoms with Crippen LogP contribution in [0.5, 0.6) is 5.75 Å². The summed E-state index contributed by atoms with van der Waals surface area (Å²) in [7, 11) is -5.17. The average molecular weight is 264 g/mol. The Morgan fingerprint density at radius 2 is 1.88 bits per heavy atom. The molecule has 17 heavy (non-hydrogen) atoms. The van der Waals surface area contributed by atoms with Crippen LogP contribution in [0, 0.1) is 15.0 Å². The summed E-state index contributed by atoms with van der Waals surface area (Å²) < 4.78 is 34.6. The van der Waals surface area contributed by atoms with Crippen molar-refractivity contribution < 1.29 is 32.2 Å². The third-order valence-corrected chi connectivity index (χ3v) is 1.94. The van der Waals surface area contributed by atoms with Crippen molar-refractivity contribution in [2.75, 3.05) is 0 Å². The van der Waals surface area contributed by atoms with Crippen molar-refractivity contribution in [1.82, 2.24) is 0 Å². The molecule has 0 amide bonds. The van der Waals surface area contributed by atoms with Crippen LogP contribution in [0.1, 0.15) is 0 Å². The zero-order valence-electron chi connectivity index (χ0n) is 7.84. The van der Waals surface area contributed by atoms with Crippen LogP contribution in [-0.2, 0) is 10.4 Å². The second-order valence-corrected chi connectivity index (χ2v) is 3.66. The molecule has 0 unspecified atom stereocenters. The number of nitro groups is 1. The molecule has 1 N–H and O–H groups in total. The average Bonchev–Trinajstić information content (AvgIpc) is 2.14. The number of rotatable bonds is 4. The Bertz CT molecular complexity index is 580. The molecule has 0 fully saturated rings. The van der Waals surface area contributed by atoms with Gasteiger partial charge in [-0.3, -0.25) is 10.1 Å². The largest absolute Gasteiger partial charge is 0.716 e. The number of hydrogen-bond donors (Lipinski definition) is 1. The first kappa shape index (κ1) is 12.8. The Labute approximate surface area is 93.7 Å². The van der Waals surface area contributed by atoms with Gasteiger partial charge in [0.2, 0.25) is 5.75 Å². The Balaban J connectivity index is 3.32. The van der Waals surface area contributed by atoms with E-state index >= 15 is 0 Å². The Kier molecular flexibility index (Phi) is 3.24. The van der Waals surface area contributed by atoms with Crippen molar-refractivity contribution in [3.8, 4) is 5.75 Å². The van der Waals surface area contributed by atoms with Gasteiger partial charge in [0.15, 0.2) is 0 Å². The molecule has 0 atom stereocenters.